The van der Waals surface area contributed by atoms with E-state index in [9.17, 15) is 0 Å². The van der Waals surface area contributed by atoms with Crippen molar-refractivity contribution < 1.29 is 13.9 Å². The molecule has 0 unspecified atom stereocenters. The third-order valence-electron chi connectivity index (χ3n) is 4.35. The van der Waals surface area contributed by atoms with E-state index in [0.717, 1.165) is 25.7 Å². The second-order valence-electron chi connectivity index (χ2n) is 6.28. The number of nitrogens with zero attached hydrogens (tertiary/aromatic N) is 4. The van der Waals surface area contributed by atoms with Gasteiger partial charge in [-0.2, -0.15) is 4.98 Å². The van der Waals surface area contributed by atoms with Crippen molar-refractivity contribution in [2.24, 2.45) is 5.41 Å². The molecule has 0 saturated heterocycles. The zero-order chi connectivity index (χ0) is 15.1. The quantitative estimate of drug-likeness (QED) is 0.915. The lowest BCUT2D eigenvalue weighted by Crippen LogP contribution is -2.37. The molecule has 2 aromatic heterocycles. The van der Waals surface area contributed by atoms with Crippen molar-refractivity contribution >= 4 is 5.82 Å². The number of nitrogen functional groups attached to an aromatic ring is 1. The summed E-state index contributed by atoms with van der Waals surface area (Å²) in [4.78, 5) is 4.38. The molecule has 2 aromatic rings. The van der Waals surface area contributed by atoms with Gasteiger partial charge in [0, 0.05) is 7.11 Å². The van der Waals surface area contributed by atoms with Gasteiger partial charge in [0.05, 0.1) is 0 Å². The fraction of sp³-hybridized carbons (Fsp3) is 0.692. The summed E-state index contributed by atoms with van der Waals surface area (Å²) in [6, 6.07) is 0. The lowest BCUT2D eigenvalue weighted by atomic mass is 9.70. The van der Waals surface area contributed by atoms with E-state index in [1.807, 2.05) is 0 Å². The highest BCUT2D eigenvalue weighted by atomic mass is 16.6. The number of nitrogens with two attached hydrogens (primary N) is 1. The normalized spacial score (nSPS) is 20.5. The van der Waals surface area contributed by atoms with E-state index in [2.05, 4.69) is 38.9 Å². The highest BCUT2D eigenvalue weighted by molar-refractivity contribution is 5.60. The number of hydrogen-bond donors (Lipinski definition) is 1. The predicted octanol–water partition coefficient (Wildman–Crippen LogP) is 2.14. The number of ether oxygens (including phenoxy) is 1. The average molecular weight is 293 g/mol. The van der Waals surface area contributed by atoms with Gasteiger partial charge in [-0.3, -0.25) is 0 Å². The van der Waals surface area contributed by atoms with Gasteiger partial charge >= 0.3 is 0 Å². The molecule has 0 bridgehead atoms. The number of hydrogen-bond acceptors (Lipinski definition) is 8. The molecule has 0 spiro atoms. The fourth-order valence-electron chi connectivity index (χ4n) is 2.70. The van der Waals surface area contributed by atoms with Crippen molar-refractivity contribution in [1.82, 2.24) is 20.5 Å². The SMILES string of the molecule is COC1(c2noc(-c3nonc3N)n2)CCC(C)(C)CC1. The van der Waals surface area contributed by atoms with Gasteiger partial charge in [-0.1, -0.05) is 19.0 Å². The molecule has 1 aliphatic carbocycles. The Hall–Kier alpha value is -1.96. The molecule has 21 heavy (non-hydrogen) atoms. The topological polar surface area (TPSA) is 113 Å². The van der Waals surface area contributed by atoms with Crippen LogP contribution in [-0.4, -0.2) is 27.6 Å². The molecule has 3 rings (SSSR count). The summed E-state index contributed by atoms with van der Waals surface area (Å²) in [5.74, 6) is 0.851. The number of anilines is 1. The molecule has 0 aliphatic heterocycles. The Labute approximate surface area is 122 Å². The van der Waals surface area contributed by atoms with Crippen molar-refractivity contribution in [2.45, 2.75) is 45.1 Å². The molecule has 0 atom stereocenters. The maximum absolute atomic E-state index is 5.74. The molecule has 114 valence electrons. The van der Waals surface area contributed by atoms with Crippen molar-refractivity contribution in [3.05, 3.63) is 5.82 Å². The summed E-state index contributed by atoms with van der Waals surface area (Å²) < 4.78 is 15.5. The van der Waals surface area contributed by atoms with Crippen LogP contribution in [0.2, 0.25) is 0 Å². The standard InChI is InChI=1S/C13H19N5O3/c1-12(2)4-6-13(19-3,7-5-12)11-15-10(20-18-11)8-9(14)17-21-16-8/h4-7H2,1-3H3,(H2,14,17). The highest BCUT2D eigenvalue weighted by Gasteiger charge is 2.43. The van der Waals surface area contributed by atoms with Crippen LogP contribution in [0.4, 0.5) is 5.82 Å². The van der Waals surface area contributed by atoms with Gasteiger partial charge in [-0.05, 0) is 41.4 Å². The molecule has 1 aliphatic rings. The zero-order valence-electron chi connectivity index (χ0n) is 12.4. The fourth-order valence-corrected chi connectivity index (χ4v) is 2.70. The summed E-state index contributed by atoms with van der Waals surface area (Å²) in [6.45, 7) is 4.52. The molecule has 2 heterocycles. The summed E-state index contributed by atoms with van der Waals surface area (Å²) in [6.07, 6.45) is 3.78. The van der Waals surface area contributed by atoms with Gasteiger partial charge in [0.15, 0.2) is 0 Å². The van der Waals surface area contributed by atoms with Gasteiger partial charge in [0.25, 0.3) is 5.89 Å². The minimum absolute atomic E-state index is 0.126. The van der Waals surface area contributed by atoms with E-state index >= 15 is 0 Å². The summed E-state index contributed by atoms with van der Waals surface area (Å²) in [5, 5.41) is 11.2. The van der Waals surface area contributed by atoms with Crippen LogP contribution in [0.25, 0.3) is 11.6 Å². The minimum atomic E-state index is -0.511. The smallest absolute Gasteiger partial charge is 0.284 e. The molecular formula is C13H19N5O3. The van der Waals surface area contributed by atoms with Crippen molar-refractivity contribution in [1.29, 1.82) is 0 Å². The van der Waals surface area contributed by atoms with Crippen LogP contribution in [0, 0.1) is 5.41 Å². The predicted molar refractivity (Wildman–Crippen MR) is 72.9 cm³/mol. The van der Waals surface area contributed by atoms with Gasteiger partial charge in [0.1, 0.15) is 5.60 Å². The molecule has 2 N–H and O–H groups in total. The molecule has 0 aromatic carbocycles. The number of rotatable bonds is 3. The van der Waals surface area contributed by atoms with Crippen molar-refractivity contribution in [2.75, 3.05) is 12.8 Å². The van der Waals surface area contributed by atoms with Crippen LogP contribution >= 0.6 is 0 Å². The highest BCUT2D eigenvalue weighted by Crippen LogP contribution is 2.46. The zero-order valence-corrected chi connectivity index (χ0v) is 12.4. The van der Waals surface area contributed by atoms with Crippen LogP contribution in [-0.2, 0) is 10.3 Å². The third-order valence-corrected chi connectivity index (χ3v) is 4.35. The molecule has 8 nitrogen and oxygen atoms in total. The molecule has 1 fully saturated rings. The first kappa shape index (κ1) is 14.0. The molecular weight excluding hydrogens is 274 g/mol. The van der Waals surface area contributed by atoms with Crippen LogP contribution < -0.4 is 5.73 Å². The summed E-state index contributed by atoms with van der Waals surface area (Å²) in [5.41, 5.74) is 5.70. The molecule has 8 heteroatoms. The first-order valence-corrected chi connectivity index (χ1v) is 6.94. The maximum Gasteiger partial charge on any atom is 0.284 e. The van der Waals surface area contributed by atoms with Crippen LogP contribution in [0.5, 0.6) is 0 Å². The van der Waals surface area contributed by atoms with Crippen LogP contribution in [0.15, 0.2) is 9.15 Å². The lowest BCUT2D eigenvalue weighted by molar-refractivity contribution is -0.0740. The van der Waals surface area contributed by atoms with E-state index in [1.165, 1.54) is 0 Å². The molecule has 0 radical (unpaired) electrons. The Kier molecular flexibility index (Phi) is 3.20. The summed E-state index contributed by atoms with van der Waals surface area (Å²) >= 11 is 0. The molecule has 1 saturated carbocycles. The first-order valence-electron chi connectivity index (χ1n) is 6.94. The van der Waals surface area contributed by atoms with Gasteiger partial charge in [-0.25, -0.2) is 4.63 Å². The van der Waals surface area contributed by atoms with E-state index in [1.54, 1.807) is 7.11 Å². The Morgan fingerprint density at radius 1 is 1.10 bits per heavy atom. The minimum Gasteiger partial charge on any atom is -0.379 e. The summed E-state index contributed by atoms with van der Waals surface area (Å²) in [7, 11) is 1.68. The average Bonchev–Trinajstić information content (AvgIpc) is 3.08. The van der Waals surface area contributed by atoms with E-state index in [0.29, 0.717) is 11.2 Å². The van der Waals surface area contributed by atoms with Gasteiger partial charge < -0.3 is 15.0 Å². The Balaban J connectivity index is 1.89. The van der Waals surface area contributed by atoms with Gasteiger partial charge in [0.2, 0.25) is 17.3 Å². The number of aromatic nitrogens is 4. The van der Waals surface area contributed by atoms with Crippen LogP contribution in [0.1, 0.15) is 45.4 Å². The Bertz CT molecular complexity index is 623. The van der Waals surface area contributed by atoms with Crippen molar-refractivity contribution in [3.8, 4) is 11.6 Å². The maximum atomic E-state index is 5.74. The van der Waals surface area contributed by atoms with E-state index in [-0.39, 0.29) is 17.4 Å². The largest absolute Gasteiger partial charge is 0.379 e. The van der Waals surface area contributed by atoms with E-state index in [4.69, 9.17) is 15.0 Å². The van der Waals surface area contributed by atoms with E-state index < -0.39 is 5.60 Å². The lowest BCUT2D eigenvalue weighted by Gasteiger charge is -2.40. The number of methoxy groups -OCH3 is 1. The van der Waals surface area contributed by atoms with Crippen molar-refractivity contribution in [3.63, 3.8) is 0 Å². The van der Waals surface area contributed by atoms with Crippen LogP contribution in [0.3, 0.4) is 0 Å². The Morgan fingerprint density at radius 3 is 2.38 bits per heavy atom. The second kappa shape index (κ2) is 4.80. The third kappa shape index (κ3) is 2.39. The molecule has 0 amide bonds. The Morgan fingerprint density at radius 2 is 1.81 bits per heavy atom. The second-order valence-corrected chi connectivity index (χ2v) is 6.28. The first-order chi connectivity index (χ1) is 9.96. The monoisotopic (exact) mass is 293 g/mol. The van der Waals surface area contributed by atoms with Gasteiger partial charge in [-0.15, -0.1) is 0 Å².